The Kier molecular flexibility index (Phi) is 4.60. The monoisotopic (exact) mass is 307 g/mol. The van der Waals surface area contributed by atoms with E-state index in [1.807, 2.05) is 4.90 Å². The number of anilines is 1. The maximum absolute atomic E-state index is 11.8. The van der Waals surface area contributed by atoms with Crippen LogP contribution in [0.1, 0.15) is 58.1 Å². The van der Waals surface area contributed by atoms with Crippen molar-refractivity contribution in [3.8, 4) is 0 Å². The molecule has 0 aromatic carbocycles. The summed E-state index contributed by atoms with van der Waals surface area (Å²) in [5.41, 5.74) is 1.13. The highest BCUT2D eigenvalue weighted by molar-refractivity contribution is 7.14. The molecule has 1 aliphatic carbocycles. The van der Waals surface area contributed by atoms with E-state index in [0.29, 0.717) is 12.1 Å². The summed E-state index contributed by atoms with van der Waals surface area (Å²) < 4.78 is 0. The second-order valence-electron chi connectivity index (χ2n) is 6.27. The number of piperidine rings is 1. The molecule has 3 rings (SSSR count). The quantitative estimate of drug-likeness (QED) is 0.836. The minimum atomic E-state index is 0.128. The number of aromatic nitrogens is 1. The molecule has 0 spiro atoms. The minimum absolute atomic E-state index is 0.128. The van der Waals surface area contributed by atoms with Gasteiger partial charge in [-0.15, -0.1) is 11.3 Å². The van der Waals surface area contributed by atoms with Gasteiger partial charge in [-0.25, -0.2) is 4.98 Å². The first-order chi connectivity index (χ1) is 10.2. The highest BCUT2D eigenvalue weighted by atomic mass is 32.1. The van der Waals surface area contributed by atoms with E-state index in [9.17, 15) is 4.79 Å². The van der Waals surface area contributed by atoms with Gasteiger partial charge in [0.05, 0.1) is 5.69 Å². The molecule has 4 nitrogen and oxygen atoms in total. The molecule has 2 heterocycles. The largest absolute Gasteiger partial charge is 0.295 e. The van der Waals surface area contributed by atoms with E-state index in [1.165, 1.54) is 32.2 Å². The first kappa shape index (κ1) is 15.0. The predicted molar refractivity (Wildman–Crippen MR) is 86.6 cm³/mol. The molecule has 0 radical (unpaired) electrons. The van der Waals surface area contributed by atoms with E-state index in [-0.39, 0.29) is 5.91 Å². The van der Waals surface area contributed by atoms with Crippen LogP contribution in [0.2, 0.25) is 0 Å². The zero-order valence-corrected chi connectivity index (χ0v) is 13.9. The minimum Gasteiger partial charge on any atom is -0.295 e. The van der Waals surface area contributed by atoms with Gasteiger partial charge in [0.25, 0.3) is 0 Å². The average molecular weight is 307 g/mol. The summed E-state index contributed by atoms with van der Waals surface area (Å²) in [6, 6.07) is 1.11. The van der Waals surface area contributed by atoms with Crippen LogP contribution >= 0.6 is 11.3 Å². The van der Waals surface area contributed by atoms with Gasteiger partial charge in [0, 0.05) is 30.9 Å². The number of carbonyl (C=O) groups excluding carboxylic acids is 1. The molecule has 1 aromatic rings. The molecule has 0 bridgehead atoms. The Labute approximate surface area is 131 Å². The van der Waals surface area contributed by atoms with Gasteiger partial charge in [-0.3, -0.25) is 14.6 Å². The second-order valence-corrected chi connectivity index (χ2v) is 7.11. The fourth-order valence-electron chi connectivity index (χ4n) is 3.30. The Hall–Kier alpha value is -0.940. The summed E-state index contributed by atoms with van der Waals surface area (Å²) >= 11 is 1.62. The number of carbonyl (C=O) groups is 1. The summed E-state index contributed by atoms with van der Waals surface area (Å²) in [5.74, 6) is 0.128. The molecule has 2 aliphatic rings. The standard InChI is InChI=1S/C16H25N3OS/c1-3-14-6-4-5-9-18(14)10-13-11-21-16(17-13)19(12(2)20)15-7-8-15/h11,14-15H,3-10H2,1-2H3/t14-/m0/s1. The molecule has 1 saturated carbocycles. The highest BCUT2D eigenvalue weighted by Crippen LogP contribution is 2.34. The maximum Gasteiger partial charge on any atom is 0.225 e. The van der Waals surface area contributed by atoms with Gasteiger partial charge in [-0.2, -0.15) is 0 Å². The average Bonchev–Trinajstić information content (AvgIpc) is 3.19. The van der Waals surface area contributed by atoms with Crippen LogP contribution in [0.25, 0.3) is 0 Å². The first-order valence-electron chi connectivity index (χ1n) is 8.17. The first-order valence-corrected chi connectivity index (χ1v) is 9.05. The van der Waals surface area contributed by atoms with Gasteiger partial charge < -0.3 is 0 Å². The van der Waals surface area contributed by atoms with Gasteiger partial charge in [0.15, 0.2) is 5.13 Å². The normalized spacial score (nSPS) is 23.2. The van der Waals surface area contributed by atoms with Crippen LogP contribution in [-0.2, 0) is 11.3 Å². The van der Waals surface area contributed by atoms with Crippen molar-refractivity contribution in [2.45, 2.75) is 71.0 Å². The van der Waals surface area contributed by atoms with Crippen LogP contribution in [0.3, 0.4) is 0 Å². The molecule has 0 unspecified atom stereocenters. The van der Waals surface area contributed by atoms with E-state index in [1.54, 1.807) is 18.3 Å². The maximum atomic E-state index is 11.8. The molecular formula is C16H25N3OS. The lowest BCUT2D eigenvalue weighted by Crippen LogP contribution is -2.38. The van der Waals surface area contributed by atoms with Crippen molar-refractivity contribution in [2.24, 2.45) is 0 Å². The lowest BCUT2D eigenvalue weighted by Gasteiger charge is -2.34. The van der Waals surface area contributed by atoms with Crippen LogP contribution < -0.4 is 4.90 Å². The summed E-state index contributed by atoms with van der Waals surface area (Å²) in [6.45, 7) is 6.05. The van der Waals surface area contributed by atoms with Crippen molar-refractivity contribution in [2.75, 3.05) is 11.4 Å². The number of hydrogen-bond acceptors (Lipinski definition) is 4. The van der Waals surface area contributed by atoms with Crippen LogP contribution in [0.4, 0.5) is 5.13 Å². The lowest BCUT2D eigenvalue weighted by molar-refractivity contribution is -0.116. The van der Waals surface area contributed by atoms with E-state index >= 15 is 0 Å². The van der Waals surface area contributed by atoms with Gasteiger partial charge >= 0.3 is 0 Å². The van der Waals surface area contributed by atoms with Crippen molar-refractivity contribution in [3.05, 3.63) is 11.1 Å². The summed E-state index contributed by atoms with van der Waals surface area (Å²) in [6.07, 6.45) is 7.44. The fourth-order valence-corrected chi connectivity index (χ4v) is 4.23. The van der Waals surface area contributed by atoms with Crippen molar-refractivity contribution in [1.29, 1.82) is 0 Å². The Morgan fingerprint density at radius 3 is 2.90 bits per heavy atom. The summed E-state index contributed by atoms with van der Waals surface area (Å²) in [5, 5.41) is 3.03. The highest BCUT2D eigenvalue weighted by Gasteiger charge is 2.33. The third-order valence-corrected chi connectivity index (χ3v) is 5.47. The van der Waals surface area contributed by atoms with Crippen molar-refractivity contribution in [3.63, 3.8) is 0 Å². The number of nitrogens with zero attached hydrogens (tertiary/aromatic N) is 3. The number of thiazole rings is 1. The van der Waals surface area contributed by atoms with E-state index in [4.69, 9.17) is 4.98 Å². The Morgan fingerprint density at radius 1 is 1.43 bits per heavy atom. The topological polar surface area (TPSA) is 36.4 Å². The van der Waals surface area contributed by atoms with E-state index in [2.05, 4.69) is 17.2 Å². The number of amides is 1. The molecule has 0 N–H and O–H groups in total. The number of likely N-dealkylation sites (tertiary alicyclic amines) is 1. The van der Waals surface area contributed by atoms with Gasteiger partial charge in [0.2, 0.25) is 5.91 Å². The predicted octanol–water partition coefficient (Wildman–Crippen LogP) is 3.42. The molecule has 2 fully saturated rings. The Morgan fingerprint density at radius 2 is 2.24 bits per heavy atom. The molecule has 21 heavy (non-hydrogen) atoms. The third kappa shape index (κ3) is 3.46. The van der Waals surface area contributed by atoms with E-state index in [0.717, 1.165) is 30.2 Å². The van der Waals surface area contributed by atoms with Crippen LogP contribution in [0.5, 0.6) is 0 Å². The molecule has 1 amide bonds. The summed E-state index contributed by atoms with van der Waals surface area (Å²) in [4.78, 5) is 21.0. The smallest absolute Gasteiger partial charge is 0.225 e. The molecule has 1 aliphatic heterocycles. The van der Waals surface area contributed by atoms with Crippen molar-refractivity contribution in [1.82, 2.24) is 9.88 Å². The zero-order chi connectivity index (χ0) is 14.8. The Bertz CT molecular complexity index is 497. The molecule has 1 atom stereocenters. The number of rotatable bonds is 5. The second kappa shape index (κ2) is 6.44. The summed E-state index contributed by atoms with van der Waals surface area (Å²) in [7, 11) is 0. The Balaban J connectivity index is 1.68. The van der Waals surface area contributed by atoms with Gasteiger partial charge in [-0.05, 0) is 38.6 Å². The molecule has 5 heteroatoms. The van der Waals surface area contributed by atoms with Crippen molar-refractivity contribution >= 4 is 22.4 Å². The molecule has 1 saturated heterocycles. The SMILES string of the molecule is CC[C@H]1CCCCN1Cc1csc(N(C(C)=O)C2CC2)n1. The van der Waals surface area contributed by atoms with E-state index < -0.39 is 0 Å². The van der Waals surface area contributed by atoms with Crippen LogP contribution in [0.15, 0.2) is 5.38 Å². The molecule has 116 valence electrons. The van der Waals surface area contributed by atoms with Crippen molar-refractivity contribution < 1.29 is 4.79 Å². The van der Waals surface area contributed by atoms with Gasteiger partial charge in [0.1, 0.15) is 0 Å². The van der Waals surface area contributed by atoms with Gasteiger partial charge in [-0.1, -0.05) is 13.3 Å². The lowest BCUT2D eigenvalue weighted by atomic mass is 10.00. The fraction of sp³-hybridized carbons (Fsp3) is 0.750. The molecule has 1 aromatic heterocycles. The number of hydrogen-bond donors (Lipinski definition) is 0. The van der Waals surface area contributed by atoms with Crippen LogP contribution in [0, 0.1) is 0 Å². The molecular weight excluding hydrogens is 282 g/mol. The zero-order valence-electron chi connectivity index (χ0n) is 13.0. The third-order valence-electron chi connectivity index (χ3n) is 4.58. The van der Waals surface area contributed by atoms with Crippen LogP contribution in [-0.4, -0.2) is 34.4 Å².